The van der Waals surface area contributed by atoms with Crippen molar-refractivity contribution < 1.29 is 31.8 Å². The molecule has 7 rings (SSSR count). The van der Waals surface area contributed by atoms with Crippen LogP contribution in [0.3, 0.4) is 0 Å². The van der Waals surface area contributed by atoms with E-state index in [1.54, 1.807) is 24.5 Å². The van der Waals surface area contributed by atoms with Gasteiger partial charge in [-0.1, -0.05) is 18.2 Å². The van der Waals surface area contributed by atoms with Crippen molar-refractivity contribution in [1.82, 2.24) is 29.2 Å². The number of imidazole rings is 1. The van der Waals surface area contributed by atoms with E-state index < -0.39 is 23.8 Å². The fraction of sp³-hybridized carbons (Fsp3) is 0.314. The molecular formula is C35H34F4N8O3. The topological polar surface area (TPSA) is 123 Å². The van der Waals surface area contributed by atoms with Gasteiger partial charge < -0.3 is 20.5 Å². The lowest BCUT2D eigenvalue weighted by atomic mass is 10.0. The summed E-state index contributed by atoms with van der Waals surface area (Å²) in [5.74, 6) is 0.00766. The van der Waals surface area contributed by atoms with Gasteiger partial charge in [0.1, 0.15) is 46.3 Å². The van der Waals surface area contributed by atoms with Crippen LogP contribution in [0.4, 0.5) is 29.2 Å². The van der Waals surface area contributed by atoms with Crippen LogP contribution < -0.4 is 15.8 Å². The van der Waals surface area contributed by atoms with Gasteiger partial charge in [0.15, 0.2) is 0 Å². The second-order valence-corrected chi connectivity index (χ2v) is 12.5. The maximum absolute atomic E-state index is 14.2. The number of ether oxygens (including phenoxy) is 2. The van der Waals surface area contributed by atoms with Crippen molar-refractivity contribution in [1.29, 1.82) is 0 Å². The maximum atomic E-state index is 14.2. The van der Waals surface area contributed by atoms with E-state index in [0.717, 1.165) is 31.4 Å². The third-order valence-corrected chi connectivity index (χ3v) is 9.19. The molecule has 2 saturated heterocycles. The Bertz CT molecular complexity index is 2050. The smallest absolute Gasteiger partial charge is 0.416 e. The summed E-state index contributed by atoms with van der Waals surface area (Å²) in [6.07, 6.45) is -0.671. The normalized spacial score (nSPS) is 19.0. The van der Waals surface area contributed by atoms with E-state index in [9.17, 15) is 22.4 Å². The molecule has 3 N–H and O–H groups in total. The maximum Gasteiger partial charge on any atom is 0.416 e. The quantitative estimate of drug-likeness (QED) is 0.205. The monoisotopic (exact) mass is 690 g/mol. The van der Waals surface area contributed by atoms with Crippen molar-refractivity contribution in [3.8, 4) is 17.0 Å². The minimum Gasteiger partial charge on any atom is -0.496 e. The number of morpholine rings is 1. The highest BCUT2D eigenvalue weighted by Gasteiger charge is 2.40. The summed E-state index contributed by atoms with van der Waals surface area (Å²) in [7, 11) is 1.44. The molecule has 5 aromatic rings. The molecule has 0 bridgehead atoms. The van der Waals surface area contributed by atoms with Gasteiger partial charge in [0, 0.05) is 73.5 Å². The van der Waals surface area contributed by atoms with Crippen LogP contribution in [0, 0.1) is 5.82 Å². The molecule has 3 aromatic heterocycles. The molecule has 0 saturated carbocycles. The molecule has 2 aliphatic rings. The molecule has 5 heterocycles. The van der Waals surface area contributed by atoms with Crippen LogP contribution >= 0.6 is 0 Å². The molecule has 11 nitrogen and oxygen atoms in total. The number of hydrogen-bond acceptors (Lipinski definition) is 9. The first-order chi connectivity index (χ1) is 24.0. The van der Waals surface area contributed by atoms with E-state index in [2.05, 4.69) is 32.0 Å². The number of rotatable bonds is 8. The fourth-order valence-electron chi connectivity index (χ4n) is 6.58. The number of nitrogens with one attached hydrogen (secondary N) is 1. The SMILES string of the molecule is COc1cc(C(=O)Nc2cc(C(F)(F)F)ccn2)ccc1-c1nc([C@H]2CN(C3CN(Cc4ccccc4F)C3)[C@@H](C)CO2)n2ccnc(N)c12. The van der Waals surface area contributed by atoms with Crippen LogP contribution in [0.2, 0.25) is 0 Å². The Kier molecular flexibility index (Phi) is 8.88. The number of nitrogens with two attached hydrogens (primary N) is 1. The summed E-state index contributed by atoms with van der Waals surface area (Å²) in [6, 6.07) is 13.5. The molecule has 2 atom stereocenters. The van der Waals surface area contributed by atoms with Crippen LogP contribution in [0.25, 0.3) is 16.8 Å². The van der Waals surface area contributed by atoms with Crippen LogP contribution in [0.1, 0.15) is 40.3 Å². The van der Waals surface area contributed by atoms with Crippen LogP contribution in [0.15, 0.2) is 73.2 Å². The number of hydrogen-bond donors (Lipinski definition) is 2. The lowest BCUT2D eigenvalue weighted by Crippen LogP contribution is -2.63. The third kappa shape index (κ3) is 6.46. The first-order valence-corrected chi connectivity index (χ1v) is 16.0. The Balaban J connectivity index is 1.13. The second-order valence-electron chi connectivity index (χ2n) is 12.5. The zero-order valence-electron chi connectivity index (χ0n) is 27.2. The van der Waals surface area contributed by atoms with Crippen molar-refractivity contribution in [2.45, 2.75) is 37.8 Å². The van der Waals surface area contributed by atoms with E-state index in [-0.39, 0.29) is 40.8 Å². The van der Waals surface area contributed by atoms with Crippen LogP contribution in [0.5, 0.6) is 5.75 Å². The molecule has 1 amide bonds. The van der Waals surface area contributed by atoms with Crippen LogP contribution in [-0.2, 0) is 17.5 Å². The van der Waals surface area contributed by atoms with Crippen molar-refractivity contribution >= 4 is 23.1 Å². The largest absolute Gasteiger partial charge is 0.496 e. The molecule has 2 fully saturated rings. The number of methoxy groups -OCH3 is 1. The highest BCUT2D eigenvalue weighted by Crippen LogP contribution is 2.38. The molecule has 0 unspecified atom stereocenters. The fourth-order valence-corrected chi connectivity index (χ4v) is 6.58. The van der Waals surface area contributed by atoms with Gasteiger partial charge in [-0.25, -0.2) is 19.3 Å². The lowest BCUT2D eigenvalue weighted by Gasteiger charge is -2.50. The standard InChI is InChI=1S/C35H34F4N8O3/c1-20-19-50-28(18-47(20)24-16-45(17-24)15-22-5-3-4-6-26(22)36)33-44-30(31-32(40)42-11-12-46(31)33)25-8-7-21(13-27(25)49-2)34(48)43-29-14-23(9-10-41-29)35(37,38)39/h3-14,20,24,28H,15-19H2,1-2H3,(H2,40,42)(H,41,43,48)/t20-,28+/m0/s1. The van der Waals surface area contributed by atoms with E-state index in [0.29, 0.717) is 47.9 Å². The highest BCUT2D eigenvalue weighted by molar-refractivity contribution is 6.04. The minimum absolute atomic E-state index is 0.129. The lowest BCUT2D eigenvalue weighted by molar-refractivity contribution is -0.137. The number of nitrogens with zero attached hydrogens (tertiary/aromatic N) is 6. The number of alkyl halides is 3. The molecule has 15 heteroatoms. The predicted molar refractivity (Wildman–Crippen MR) is 177 cm³/mol. The number of carbonyl (C=O) groups is 1. The Labute approximate surface area is 284 Å². The summed E-state index contributed by atoms with van der Waals surface area (Å²) >= 11 is 0. The molecule has 0 spiro atoms. The average Bonchev–Trinajstić information content (AvgIpc) is 3.47. The van der Waals surface area contributed by atoms with Gasteiger partial charge in [0.25, 0.3) is 5.91 Å². The summed E-state index contributed by atoms with van der Waals surface area (Å²) in [5.41, 5.74) is 7.79. The second kappa shape index (κ2) is 13.3. The summed E-state index contributed by atoms with van der Waals surface area (Å²) in [5, 5.41) is 2.41. The number of amides is 1. The summed E-state index contributed by atoms with van der Waals surface area (Å²) < 4.78 is 67.6. The Morgan fingerprint density at radius 2 is 1.88 bits per heavy atom. The number of pyridine rings is 1. The molecule has 50 heavy (non-hydrogen) atoms. The first-order valence-electron chi connectivity index (χ1n) is 16.0. The van der Waals surface area contributed by atoms with E-state index >= 15 is 0 Å². The minimum atomic E-state index is -4.59. The number of anilines is 2. The van der Waals surface area contributed by atoms with Gasteiger partial charge in [0.05, 0.1) is 19.3 Å². The zero-order valence-corrected chi connectivity index (χ0v) is 27.2. The van der Waals surface area contributed by atoms with Gasteiger partial charge in [-0.3, -0.25) is 19.0 Å². The van der Waals surface area contributed by atoms with E-state index in [1.165, 1.54) is 25.3 Å². The van der Waals surface area contributed by atoms with Gasteiger partial charge in [-0.15, -0.1) is 0 Å². The molecule has 0 aliphatic carbocycles. The van der Waals surface area contributed by atoms with E-state index in [1.807, 2.05) is 16.5 Å². The Hall–Kier alpha value is -5.12. The molecular weight excluding hydrogens is 656 g/mol. The Morgan fingerprint density at radius 3 is 2.64 bits per heavy atom. The molecule has 260 valence electrons. The van der Waals surface area contributed by atoms with Crippen molar-refractivity contribution in [3.63, 3.8) is 0 Å². The number of aromatic nitrogens is 4. The molecule has 0 radical (unpaired) electrons. The number of likely N-dealkylation sites (tertiary alicyclic amines) is 1. The number of nitrogen functional groups attached to an aromatic ring is 1. The number of benzene rings is 2. The van der Waals surface area contributed by atoms with Gasteiger partial charge in [0.2, 0.25) is 0 Å². The number of halogens is 4. The Morgan fingerprint density at radius 1 is 1.08 bits per heavy atom. The summed E-state index contributed by atoms with van der Waals surface area (Å²) in [4.78, 5) is 30.8. The number of fused-ring (bicyclic) bond motifs is 1. The van der Waals surface area contributed by atoms with E-state index in [4.69, 9.17) is 20.2 Å². The number of carbonyl (C=O) groups excluding carboxylic acids is 1. The predicted octanol–water partition coefficient (Wildman–Crippen LogP) is 5.44. The zero-order chi connectivity index (χ0) is 35.2. The molecule has 2 aromatic carbocycles. The van der Waals surface area contributed by atoms with Crippen LogP contribution in [-0.4, -0.2) is 80.5 Å². The van der Waals surface area contributed by atoms with Gasteiger partial charge >= 0.3 is 6.18 Å². The first kappa shape index (κ1) is 33.4. The summed E-state index contributed by atoms with van der Waals surface area (Å²) in [6.45, 7) is 5.33. The third-order valence-electron chi connectivity index (χ3n) is 9.19. The molecule has 2 aliphatic heterocycles. The van der Waals surface area contributed by atoms with Gasteiger partial charge in [-0.05, 0) is 43.3 Å². The van der Waals surface area contributed by atoms with Crippen molar-refractivity contribution in [2.75, 3.05) is 44.4 Å². The average molecular weight is 691 g/mol. The van der Waals surface area contributed by atoms with Crippen molar-refractivity contribution in [2.24, 2.45) is 0 Å². The highest BCUT2D eigenvalue weighted by atomic mass is 19.4. The van der Waals surface area contributed by atoms with Gasteiger partial charge in [-0.2, -0.15) is 13.2 Å². The van der Waals surface area contributed by atoms with Crippen molar-refractivity contribution in [3.05, 3.63) is 102 Å².